The summed E-state index contributed by atoms with van der Waals surface area (Å²) in [6.45, 7) is 13.2. The van der Waals surface area contributed by atoms with Crippen molar-refractivity contribution in [1.29, 1.82) is 0 Å². The van der Waals surface area contributed by atoms with E-state index in [1.54, 1.807) is 0 Å². The van der Waals surface area contributed by atoms with E-state index in [9.17, 15) is 4.79 Å². The van der Waals surface area contributed by atoms with Gasteiger partial charge in [-0.1, -0.05) is 64.4 Å². The van der Waals surface area contributed by atoms with E-state index in [4.69, 9.17) is 22.3 Å². The Labute approximate surface area is 162 Å². The molecule has 0 amide bonds. The first-order valence-electron chi connectivity index (χ1n) is 9.31. The molecule has 0 bridgehead atoms. The Hall–Kier alpha value is -1.45. The number of hydrogen-bond acceptors (Lipinski definition) is 3. The van der Waals surface area contributed by atoms with E-state index in [1.807, 2.05) is 0 Å². The second-order valence-corrected chi connectivity index (χ2v) is 9.16. The van der Waals surface area contributed by atoms with E-state index in [2.05, 4.69) is 65.8 Å². The standard InChI is InChI=1S/C22H31ClN2O/c1-13(2)20-19(21(23)26)18(15-9-7-14(3)8-10-15)16(12-24)17(25-20)11-22(4,5)6/h7-10,13,19-20H,11-12,24H2,1-6H3. The quantitative estimate of drug-likeness (QED) is 0.737. The van der Waals surface area contributed by atoms with Crippen LogP contribution in [0.4, 0.5) is 0 Å². The Balaban J connectivity index is 2.72. The number of carbonyl (C=O) groups excluding carboxylic acids is 1. The SMILES string of the molecule is Cc1ccc(C2=C(CN)C(CC(C)(C)C)=NC(C(C)C)C2C(=O)Cl)cc1. The number of rotatable bonds is 5. The summed E-state index contributed by atoms with van der Waals surface area (Å²) >= 11 is 6.09. The Morgan fingerprint density at radius 3 is 2.23 bits per heavy atom. The van der Waals surface area contributed by atoms with Crippen molar-refractivity contribution in [3.8, 4) is 0 Å². The minimum Gasteiger partial charge on any atom is -0.326 e. The van der Waals surface area contributed by atoms with Gasteiger partial charge in [0.2, 0.25) is 5.24 Å². The molecule has 26 heavy (non-hydrogen) atoms. The minimum atomic E-state index is -0.457. The Bertz CT molecular complexity index is 724. The van der Waals surface area contributed by atoms with Crippen LogP contribution in [-0.4, -0.2) is 23.5 Å². The predicted octanol–water partition coefficient (Wildman–Crippen LogP) is 5.00. The van der Waals surface area contributed by atoms with Gasteiger partial charge in [-0.15, -0.1) is 0 Å². The lowest BCUT2D eigenvalue weighted by molar-refractivity contribution is -0.114. The molecule has 1 aromatic carbocycles. The molecule has 0 aromatic heterocycles. The maximum absolute atomic E-state index is 12.4. The number of halogens is 1. The number of aliphatic imine (C=N–C) groups is 1. The first kappa shape index (κ1) is 20.9. The third-order valence-corrected chi connectivity index (χ3v) is 5.06. The van der Waals surface area contributed by atoms with E-state index < -0.39 is 5.92 Å². The second-order valence-electron chi connectivity index (χ2n) is 8.79. The topological polar surface area (TPSA) is 55.4 Å². The molecule has 1 aliphatic heterocycles. The zero-order valence-electron chi connectivity index (χ0n) is 16.8. The second kappa shape index (κ2) is 8.06. The molecule has 2 unspecified atom stereocenters. The Morgan fingerprint density at radius 1 is 1.23 bits per heavy atom. The van der Waals surface area contributed by atoms with Crippen LogP contribution in [0.15, 0.2) is 34.8 Å². The fourth-order valence-electron chi connectivity index (χ4n) is 3.60. The highest BCUT2D eigenvalue weighted by molar-refractivity contribution is 6.65. The van der Waals surface area contributed by atoms with Gasteiger partial charge in [-0.2, -0.15) is 0 Å². The average Bonchev–Trinajstić information content (AvgIpc) is 2.52. The fourth-order valence-corrected chi connectivity index (χ4v) is 3.84. The van der Waals surface area contributed by atoms with Crippen LogP contribution in [0.2, 0.25) is 0 Å². The molecule has 142 valence electrons. The van der Waals surface area contributed by atoms with Gasteiger partial charge < -0.3 is 5.73 Å². The molecule has 0 aliphatic carbocycles. The summed E-state index contributed by atoms with van der Waals surface area (Å²) in [5.41, 5.74) is 11.4. The van der Waals surface area contributed by atoms with Crippen molar-refractivity contribution in [3.63, 3.8) is 0 Å². The van der Waals surface area contributed by atoms with Crippen LogP contribution >= 0.6 is 11.6 Å². The number of nitrogens with two attached hydrogens (primary N) is 1. The van der Waals surface area contributed by atoms with Gasteiger partial charge in [0.1, 0.15) is 0 Å². The first-order valence-corrected chi connectivity index (χ1v) is 9.69. The summed E-state index contributed by atoms with van der Waals surface area (Å²) in [6, 6.07) is 8.08. The van der Waals surface area contributed by atoms with Crippen LogP contribution in [0.1, 0.15) is 52.2 Å². The van der Waals surface area contributed by atoms with E-state index in [-0.39, 0.29) is 22.6 Å². The molecule has 0 saturated carbocycles. The molecular formula is C22H31ClN2O. The van der Waals surface area contributed by atoms with Crippen molar-refractivity contribution in [1.82, 2.24) is 0 Å². The van der Waals surface area contributed by atoms with E-state index in [1.165, 1.54) is 5.56 Å². The summed E-state index contributed by atoms with van der Waals surface area (Å²) < 4.78 is 0. The number of nitrogens with zero attached hydrogens (tertiary/aromatic N) is 1. The zero-order chi connectivity index (χ0) is 19.6. The molecule has 0 fully saturated rings. The molecule has 0 spiro atoms. The van der Waals surface area contributed by atoms with Crippen molar-refractivity contribution in [2.24, 2.45) is 28.0 Å². The molecule has 3 nitrogen and oxygen atoms in total. The number of dihydropyridines is 1. The van der Waals surface area contributed by atoms with Crippen LogP contribution in [0.5, 0.6) is 0 Å². The lowest BCUT2D eigenvalue weighted by Gasteiger charge is -2.36. The van der Waals surface area contributed by atoms with Crippen LogP contribution in [0.3, 0.4) is 0 Å². The fraction of sp³-hybridized carbons (Fsp3) is 0.545. The highest BCUT2D eigenvalue weighted by Gasteiger charge is 2.39. The summed E-state index contributed by atoms with van der Waals surface area (Å²) in [7, 11) is 0. The number of hydrogen-bond donors (Lipinski definition) is 1. The largest absolute Gasteiger partial charge is 0.326 e. The van der Waals surface area contributed by atoms with Crippen LogP contribution < -0.4 is 5.73 Å². The maximum Gasteiger partial charge on any atom is 0.231 e. The third-order valence-electron chi connectivity index (χ3n) is 4.82. The van der Waals surface area contributed by atoms with E-state index in [0.717, 1.165) is 28.8 Å². The summed E-state index contributed by atoms with van der Waals surface area (Å²) in [5.74, 6) is -0.251. The van der Waals surface area contributed by atoms with Gasteiger partial charge in [-0.25, -0.2) is 0 Å². The predicted molar refractivity (Wildman–Crippen MR) is 112 cm³/mol. The molecule has 4 heteroatoms. The molecule has 0 radical (unpaired) electrons. The number of aryl methyl sites for hydroxylation is 1. The average molecular weight is 375 g/mol. The lowest BCUT2D eigenvalue weighted by Crippen LogP contribution is -2.38. The van der Waals surface area contributed by atoms with Crippen molar-refractivity contribution < 1.29 is 4.79 Å². The normalized spacial score (nSPS) is 21.2. The molecule has 2 atom stereocenters. The van der Waals surface area contributed by atoms with Gasteiger partial charge in [0.05, 0.1) is 12.0 Å². The molecule has 0 saturated heterocycles. The monoisotopic (exact) mass is 374 g/mol. The molecule has 2 N–H and O–H groups in total. The van der Waals surface area contributed by atoms with E-state index >= 15 is 0 Å². The summed E-state index contributed by atoms with van der Waals surface area (Å²) in [6.07, 6.45) is 0.821. The van der Waals surface area contributed by atoms with Crippen molar-refractivity contribution in [2.75, 3.05) is 6.54 Å². The Kier molecular flexibility index (Phi) is 6.46. The lowest BCUT2D eigenvalue weighted by atomic mass is 9.75. The van der Waals surface area contributed by atoms with E-state index in [0.29, 0.717) is 6.54 Å². The summed E-state index contributed by atoms with van der Waals surface area (Å²) in [5, 5.41) is -0.358. The highest BCUT2D eigenvalue weighted by atomic mass is 35.5. The molecule has 2 rings (SSSR count). The smallest absolute Gasteiger partial charge is 0.231 e. The van der Waals surface area contributed by atoms with Gasteiger partial charge in [0.15, 0.2) is 0 Å². The molecular weight excluding hydrogens is 344 g/mol. The van der Waals surface area contributed by atoms with Gasteiger partial charge >= 0.3 is 0 Å². The highest BCUT2D eigenvalue weighted by Crippen LogP contribution is 2.40. The maximum atomic E-state index is 12.4. The first-order chi connectivity index (χ1) is 12.0. The number of carbonyl (C=O) groups is 1. The summed E-state index contributed by atoms with van der Waals surface area (Å²) in [4.78, 5) is 17.4. The Morgan fingerprint density at radius 2 is 1.81 bits per heavy atom. The third kappa shape index (κ3) is 4.63. The molecule has 1 aromatic rings. The van der Waals surface area contributed by atoms with Gasteiger partial charge in [0.25, 0.3) is 0 Å². The number of benzene rings is 1. The van der Waals surface area contributed by atoms with Crippen LogP contribution in [0.25, 0.3) is 5.57 Å². The zero-order valence-corrected chi connectivity index (χ0v) is 17.5. The van der Waals surface area contributed by atoms with Crippen molar-refractivity contribution in [3.05, 3.63) is 41.0 Å². The van der Waals surface area contributed by atoms with Crippen LogP contribution in [0, 0.1) is 24.2 Å². The van der Waals surface area contributed by atoms with Crippen molar-refractivity contribution in [2.45, 2.75) is 54.0 Å². The van der Waals surface area contributed by atoms with Gasteiger partial charge in [-0.05, 0) is 53.0 Å². The molecule has 1 heterocycles. The van der Waals surface area contributed by atoms with Gasteiger partial charge in [-0.3, -0.25) is 9.79 Å². The van der Waals surface area contributed by atoms with Crippen LogP contribution in [-0.2, 0) is 4.79 Å². The van der Waals surface area contributed by atoms with Gasteiger partial charge in [0, 0.05) is 12.3 Å². The minimum absolute atomic E-state index is 0.0803. The van der Waals surface area contributed by atoms with Crippen molar-refractivity contribution >= 4 is 28.1 Å². The molecule has 1 aliphatic rings.